The number of carbonyl (C=O) groups is 1. The zero-order valence-corrected chi connectivity index (χ0v) is 22.0. The van der Waals surface area contributed by atoms with Gasteiger partial charge in [-0.25, -0.2) is 9.97 Å². The normalized spacial score (nSPS) is 14.3. The number of aromatic amines is 2. The van der Waals surface area contributed by atoms with Crippen LogP contribution in [0.2, 0.25) is 0 Å². The Labute approximate surface area is 227 Å². The maximum atomic E-state index is 11.8. The van der Waals surface area contributed by atoms with Gasteiger partial charge in [0.15, 0.2) is 11.4 Å². The van der Waals surface area contributed by atoms with Gasteiger partial charge >= 0.3 is 0 Å². The number of Topliss-reactive ketones (excluding diaryl/α,β-unsaturated/α-hetero) is 1. The summed E-state index contributed by atoms with van der Waals surface area (Å²) in [5, 5.41) is 12.9. The van der Waals surface area contributed by atoms with E-state index in [1.54, 1.807) is 19.3 Å². The second kappa shape index (κ2) is 9.72. The molecule has 0 spiro atoms. The van der Waals surface area contributed by atoms with Gasteiger partial charge in [-0.3, -0.25) is 14.9 Å². The summed E-state index contributed by atoms with van der Waals surface area (Å²) in [5.41, 5.74) is 5.93. The predicted molar refractivity (Wildman–Crippen MR) is 152 cm³/mol. The number of thiophene rings is 1. The van der Waals surface area contributed by atoms with E-state index in [9.17, 15) is 4.79 Å². The lowest BCUT2D eigenvalue weighted by Crippen LogP contribution is -2.34. The van der Waals surface area contributed by atoms with Crippen molar-refractivity contribution in [3.63, 3.8) is 0 Å². The quantitative estimate of drug-likeness (QED) is 0.237. The molecule has 0 saturated carbocycles. The van der Waals surface area contributed by atoms with Crippen molar-refractivity contribution in [3.05, 3.63) is 66.1 Å². The molecule has 194 valence electrons. The van der Waals surface area contributed by atoms with Crippen molar-refractivity contribution in [3.8, 4) is 38.7 Å². The zero-order valence-electron chi connectivity index (χ0n) is 21.2. The summed E-state index contributed by atoms with van der Waals surface area (Å²) in [4.78, 5) is 30.6. The molecular weight excluding hydrogens is 510 g/mol. The van der Waals surface area contributed by atoms with E-state index in [0.29, 0.717) is 5.65 Å². The molecule has 1 aliphatic heterocycles. The minimum atomic E-state index is 0.0659. The molecule has 0 bridgehead atoms. The fraction of sp³-hybridized carbons (Fsp3) is 0.207. The molecule has 0 aromatic carbocycles. The molecule has 9 nitrogen and oxygen atoms in total. The van der Waals surface area contributed by atoms with Crippen molar-refractivity contribution in [2.45, 2.75) is 25.9 Å². The van der Waals surface area contributed by atoms with Crippen LogP contribution < -0.4 is 10.1 Å². The molecule has 1 fully saturated rings. The number of piperidine rings is 1. The van der Waals surface area contributed by atoms with Gasteiger partial charge in [0.2, 0.25) is 0 Å². The lowest BCUT2D eigenvalue weighted by Gasteiger charge is -2.23. The van der Waals surface area contributed by atoms with E-state index in [1.807, 2.05) is 36.7 Å². The molecule has 7 rings (SSSR count). The predicted octanol–water partition coefficient (Wildman–Crippen LogP) is 5.63. The first-order chi connectivity index (χ1) is 19.1. The Morgan fingerprint density at radius 2 is 1.85 bits per heavy atom. The van der Waals surface area contributed by atoms with Crippen LogP contribution in [-0.4, -0.2) is 55.1 Å². The molecule has 39 heavy (non-hydrogen) atoms. The number of aromatic nitrogens is 6. The highest BCUT2D eigenvalue weighted by atomic mass is 32.1. The lowest BCUT2D eigenvalue weighted by atomic mass is 10.1. The number of fused-ring (bicyclic) bond motifs is 2. The SMILES string of the molecule is CC(=O)c1ccc(-c2ccnc3[nH]c(-c4n[nH]c5ncc(-c6cncc(OC7CCNCC7)c6)cc45)cc23)s1. The van der Waals surface area contributed by atoms with E-state index < -0.39 is 0 Å². The van der Waals surface area contributed by atoms with Crippen molar-refractivity contribution in [1.29, 1.82) is 0 Å². The summed E-state index contributed by atoms with van der Waals surface area (Å²) in [6.45, 7) is 3.53. The van der Waals surface area contributed by atoms with Crippen LogP contribution in [0.4, 0.5) is 0 Å². The van der Waals surface area contributed by atoms with Crippen LogP contribution >= 0.6 is 11.3 Å². The number of H-pyrrole nitrogens is 2. The number of nitrogens with one attached hydrogen (secondary N) is 3. The van der Waals surface area contributed by atoms with Gasteiger partial charge in [-0.15, -0.1) is 11.3 Å². The van der Waals surface area contributed by atoms with Gasteiger partial charge in [0.05, 0.1) is 16.8 Å². The third-order valence-electron chi connectivity index (χ3n) is 7.06. The Morgan fingerprint density at radius 3 is 2.69 bits per heavy atom. The van der Waals surface area contributed by atoms with Crippen LogP contribution in [0.1, 0.15) is 29.4 Å². The van der Waals surface area contributed by atoms with E-state index in [-0.39, 0.29) is 11.9 Å². The number of rotatable bonds is 6. The number of pyridine rings is 3. The zero-order chi connectivity index (χ0) is 26.3. The summed E-state index contributed by atoms with van der Waals surface area (Å²) in [5.74, 6) is 0.832. The molecule has 6 aromatic rings. The second-order valence-corrected chi connectivity index (χ2v) is 10.8. The molecule has 0 aliphatic carbocycles. The molecule has 3 N–H and O–H groups in total. The first-order valence-electron chi connectivity index (χ1n) is 12.9. The Balaban J connectivity index is 1.25. The fourth-order valence-electron chi connectivity index (χ4n) is 5.05. The summed E-state index contributed by atoms with van der Waals surface area (Å²) in [6.07, 6.45) is 9.37. The molecule has 0 amide bonds. The highest BCUT2D eigenvalue weighted by Crippen LogP contribution is 2.36. The van der Waals surface area contributed by atoms with Crippen LogP contribution in [-0.2, 0) is 0 Å². The number of nitrogens with zero attached hydrogens (tertiary/aromatic N) is 4. The molecule has 10 heteroatoms. The Kier molecular flexibility index (Phi) is 5.90. The van der Waals surface area contributed by atoms with Crippen molar-refractivity contribution in [1.82, 2.24) is 35.5 Å². The minimum absolute atomic E-state index is 0.0659. The van der Waals surface area contributed by atoms with Gasteiger partial charge in [0.25, 0.3) is 0 Å². The van der Waals surface area contributed by atoms with Gasteiger partial charge in [0.1, 0.15) is 23.2 Å². The smallest absolute Gasteiger partial charge is 0.169 e. The van der Waals surface area contributed by atoms with Gasteiger partial charge in [-0.05, 0) is 69.3 Å². The van der Waals surface area contributed by atoms with Gasteiger partial charge in [0, 0.05) is 50.9 Å². The van der Waals surface area contributed by atoms with Gasteiger partial charge in [-0.2, -0.15) is 5.10 Å². The Bertz CT molecular complexity index is 1830. The van der Waals surface area contributed by atoms with Gasteiger partial charge in [-0.1, -0.05) is 0 Å². The maximum absolute atomic E-state index is 11.8. The minimum Gasteiger partial charge on any atom is -0.489 e. The van der Waals surface area contributed by atoms with Crippen LogP contribution in [0.5, 0.6) is 5.75 Å². The number of hydrogen-bond donors (Lipinski definition) is 3. The van der Waals surface area contributed by atoms with Crippen molar-refractivity contribution in [2.75, 3.05) is 13.1 Å². The topological polar surface area (TPSA) is 121 Å². The van der Waals surface area contributed by atoms with E-state index >= 15 is 0 Å². The molecule has 6 aromatic heterocycles. The Hall–Kier alpha value is -4.41. The summed E-state index contributed by atoms with van der Waals surface area (Å²) >= 11 is 1.49. The Morgan fingerprint density at radius 1 is 0.974 bits per heavy atom. The van der Waals surface area contributed by atoms with Crippen LogP contribution in [0.15, 0.2) is 61.2 Å². The van der Waals surface area contributed by atoms with Gasteiger partial charge < -0.3 is 15.0 Å². The highest BCUT2D eigenvalue weighted by Gasteiger charge is 2.18. The molecule has 0 unspecified atom stereocenters. The fourth-order valence-corrected chi connectivity index (χ4v) is 6.00. The number of carbonyl (C=O) groups excluding carboxylic acids is 1. The average Bonchev–Trinajstić information content (AvgIpc) is 3.71. The van der Waals surface area contributed by atoms with Crippen LogP contribution in [0.25, 0.3) is 55.0 Å². The molecule has 1 aliphatic rings. The van der Waals surface area contributed by atoms with Crippen molar-refractivity contribution >= 4 is 39.2 Å². The maximum Gasteiger partial charge on any atom is 0.169 e. The largest absolute Gasteiger partial charge is 0.489 e. The first-order valence-corrected chi connectivity index (χ1v) is 13.7. The summed E-state index contributed by atoms with van der Waals surface area (Å²) in [7, 11) is 0. The highest BCUT2D eigenvalue weighted by molar-refractivity contribution is 7.17. The summed E-state index contributed by atoms with van der Waals surface area (Å²) < 4.78 is 6.21. The van der Waals surface area contributed by atoms with E-state index in [0.717, 1.165) is 85.9 Å². The van der Waals surface area contributed by atoms with Crippen LogP contribution in [0, 0.1) is 0 Å². The van der Waals surface area contributed by atoms with Crippen molar-refractivity contribution in [2.24, 2.45) is 0 Å². The molecule has 1 saturated heterocycles. The molecule has 0 atom stereocenters. The first kappa shape index (κ1) is 23.7. The van der Waals surface area contributed by atoms with E-state index in [2.05, 4.69) is 47.6 Å². The third kappa shape index (κ3) is 4.47. The lowest BCUT2D eigenvalue weighted by molar-refractivity contribution is 0.102. The number of ether oxygens (including phenoxy) is 1. The second-order valence-electron chi connectivity index (χ2n) is 9.69. The third-order valence-corrected chi connectivity index (χ3v) is 8.28. The van der Waals surface area contributed by atoms with Crippen molar-refractivity contribution < 1.29 is 9.53 Å². The van der Waals surface area contributed by atoms with Crippen LogP contribution in [0.3, 0.4) is 0 Å². The summed E-state index contributed by atoms with van der Waals surface area (Å²) in [6, 6.07) is 12.0. The standard InChI is InChI=1S/C29H25N7O2S/c1-16(37)25-2-3-26(39-25)21-6-9-32-28-22(21)12-24(34-28)27-23-11-18(14-33-29(23)36-35-27)17-10-20(15-31-13-17)38-19-4-7-30-8-5-19/h2-3,6,9-15,19,30H,4-5,7-8H2,1H3,(H,32,34)(H,33,35,36). The molecule has 0 radical (unpaired) electrons. The number of hydrogen-bond acceptors (Lipinski definition) is 8. The van der Waals surface area contributed by atoms with E-state index in [4.69, 9.17) is 4.74 Å². The average molecular weight is 536 g/mol. The molecular formula is C29H25N7O2S. The monoisotopic (exact) mass is 535 g/mol. The van der Waals surface area contributed by atoms with E-state index in [1.165, 1.54) is 11.3 Å². The number of ketones is 1. The molecule has 7 heterocycles.